The van der Waals surface area contributed by atoms with E-state index in [1.165, 1.54) is 0 Å². The Labute approximate surface area is 112 Å². The van der Waals surface area contributed by atoms with Crippen LogP contribution in [0.25, 0.3) is 10.9 Å². The minimum Gasteiger partial charge on any atom is -0.291 e. The largest absolute Gasteiger partial charge is 0.291 e. The van der Waals surface area contributed by atoms with Crippen molar-refractivity contribution in [1.29, 1.82) is 0 Å². The van der Waals surface area contributed by atoms with Crippen LogP contribution in [-0.4, -0.2) is 16.2 Å². The lowest BCUT2D eigenvalue weighted by Gasteiger charge is -2.00. The second kappa shape index (κ2) is 5.03. The smallest absolute Gasteiger partial charge is 0.260 e. The maximum atomic E-state index is 11.8. The van der Waals surface area contributed by atoms with Crippen LogP contribution in [-0.2, 0) is 0 Å². The molecule has 0 aliphatic carbocycles. The predicted molar refractivity (Wildman–Crippen MR) is 77.9 cm³/mol. The molecule has 0 amide bonds. The lowest BCUT2D eigenvalue weighted by atomic mass is 10.2. The summed E-state index contributed by atoms with van der Waals surface area (Å²) < 4.78 is 0. The summed E-state index contributed by atoms with van der Waals surface area (Å²) in [5.74, 6) is 0.330. The number of anilines is 1. The Kier molecular flexibility index (Phi) is 3.07. The molecular formula is C13H10N4OS. The number of H-pyrrole nitrogens is 1. The van der Waals surface area contributed by atoms with Gasteiger partial charge in [0.15, 0.2) is 0 Å². The number of nitrogens with one attached hydrogen (secondary N) is 2. The fourth-order valence-corrected chi connectivity index (χ4v) is 2.25. The topological polar surface area (TPSA) is 70.1 Å². The number of thiophene rings is 1. The first-order valence-electron chi connectivity index (χ1n) is 5.64. The van der Waals surface area contributed by atoms with Crippen LogP contribution in [0.4, 0.5) is 5.95 Å². The number of hydrogen-bond donors (Lipinski definition) is 2. The second-order valence-corrected chi connectivity index (χ2v) is 4.80. The van der Waals surface area contributed by atoms with E-state index >= 15 is 0 Å². The molecule has 3 rings (SSSR count). The van der Waals surface area contributed by atoms with Crippen molar-refractivity contribution in [2.45, 2.75) is 0 Å². The first-order valence-corrected chi connectivity index (χ1v) is 6.52. The van der Waals surface area contributed by atoms with E-state index in [1.54, 1.807) is 35.8 Å². The average Bonchev–Trinajstić information content (AvgIpc) is 2.92. The van der Waals surface area contributed by atoms with Crippen LogP contribution in [0.15, 0.2) is 51.7 Å². The Morgan fingerprint density at radius 3 is 3.00 bits per heavy atom. The lowest BCUT2D eigenvalue weighted by Crippen LogP contribution is -2.10. The number of nitrogens with zero attached hydrogens (tertiary/aromatic N) is 2. The zero-order valence-electron chi connectivity index (χ0n) is 9.83. The maximum Gasteiger partial charge on any atom is 0.260 e. The van der Waals surface area contributed by atoms with Crippen LogP contribution in [0.5, 0.6) is 0 Å². The van der Waals surface area contributed by atoms with E-state index in [0.717, 1.165) is 4.88 Å². The van der Waals surface area contributed by atoms with Gasteiger partial charge in [-0.05, 0) is 23.6 Å². The van der Waals surface area contributed by atoms with Crippen molar-refractivity contribution in [3.63, 3.8) is 0 Å². The van der Waals surface area contributed by atoms with E-state index in [-0.39, 0.29) is 5.56 Å². The normalized spacial score (nSPS) is 11.2. The Morgan fingerprint density at radius 1 is 1.26 bits per heavy atom. The highest BCUT2D eigenvalue weighted by Crippen LogP contribution is 2.08. The van der Waals surface area contributed by atoms with Crippen molar-refractivity contribution < 1.29 is 0 Å². The Morgan fingerprint density at radius 2 is 2.16 bits per heavy atom. The van der Waals surface area contributed by atoms with Gasteiger partial charge in [-0.2, -0.15) is 5.10 Å². The van der Waals surface area contributed by atoms with Gasteiger partial charge in [-0.1, -0.05) is 18.2 Å². The molecule has 0 atom stereocenters. The van der Waals surface area contributed by atoms with E-state index in [4.69, 9.17) is 0 Å². The molecule has 2 aromatic heterocycles. The summed E-state index contributed by atoms with van der Waals surface area (Å²) in [7, 11) is 0. The minimum atomic E-state index is -0.181. The van der Waals surface area contributed by atoms with Gasteiger partial charge in [0.2, 0.25) is 5.95 Å². The van der Waals surface area contributed by atoms with Gasteiger partial charge in [0.05, 0.1) is 17.1 Å². The summed E-state index contributed by atoms with van der Waals surface area (Å²) in [5.41, 5.74) is 3.18. The first-order chi connectivity index (χ1) is 9.33. The van der Waals surface area contributed by atoms with E-state index in [0.29, 0.717) is 16.9 Å². The minimum absolute atomic E-state index is 0.181. The van der Waals surface area contributed by atoms with Gasteiger partial charge in [-0.3, -0.25) is 9.78 Å². The van der Waals surface area contributed by atoms with Crippen LogP contribution in [0.3, 0.4) is 0 Å². The molecule has 0 saturated carbocycles. The molecule has 94 valence electrons. The molecule has 5 nitrogen and oxygen atoms in total. The third-order valence-electron chi connectivity index (χ3n) is 2.52. The molecule has 0 spiro atoms. The first kappa shape index (κ1) is 11.6. The third kappa shape index (κ3) is 2.53. The molecule has 6 heteroatoms. The molecule has 0 bridgehead atoms. The highest BCUT2D eigenvalue weighted by molar-refractivity contribution is 7.11. The van der Waals surface area contributed by atoms with Crippen molar-refractivity contribution >= 4 is 34.4 Å². The van der Waals surface area contributed by atoms with E-state index in [9.17, 15) is 4.79 Å². The molecule has 2 heterocycles. The molecule has 0 fully saturated rings. The molecule has 0 unspecified atom stereocenters. The quantitative estimate of drug-likeness (QED) is 0.567. The number of benzene rings is 1. The number of aromatic amines is 1. The van der Waals surface area contributed by atoms with Gasteiger partial charge in [0.1, 0.15) is 0 Å². The maximum absolute atomic E-state index is 11.8. The van der Waals surface area contributed by atoms with Gasteiger partial charge in [-0.15, -0.1) is 11.3 Å². The number of rotatable bonds is 3. The summed E-state index contributed by atoms with van der Waals surface area (Å²) in [6.07, 6.45) is 1.68. The summed E-state index contributed by atoms with van der Waals surface area (Å²) >= 11 is 1.58. The molecular weight excluding hydrogens is 260 g/mol. The second-order valence-electron chi connectivity index (χ2n) is 3.82. The number of para-hydroxylation sites is 1. The van der Waals surface area contributed by atoms with Crippen LogP contribution in [0, 0.1) is 0 Å². The summed E-state index contributed by atoms with van der Waals surface area (Å²) in [6.45, 7) is 0. The van der Waals surface area contributed by atoms with E-state index in [1.807, 2.05) is 23.6 Å². The third-order valence-corrected chi connectivity index (χ3v) is 3.33. The highest BCUT2D eigenvalue weighted by atomic mass is 32.1. The van der Waals surface area contributed by atoms with Gasteiger partial charge in [0, 0.05) is 4.88 Å². The van der Waals surface area contributed by atoms with Gasteiger partial charge in [-0.25, -0.2) is 10.4 Å². The molecule has 0 saturated heterocycles. The molecule has 19 heavy (non-hydrogen) atoms. The standard InChI is InChI=1S/C13H10N4OS/c18-12-10-5-1-2-6-11(10)15-13(16-12)17-14-8-9-4-3-7-19-9/h1-8H,(H2,15,16,17,18)/b14-8+. The molecule has 1 aromatic carbocycles. The van der Waals surface area contributed by atoms with Crippen LogP contribution in [0.2, 0.25) is 0 Å². The number of hydrazone groups is 1. The molecule has 0 aliphatic rings. The van der Waals surface area contributed by atoms with Crippen molar-refractivity contribution in [1.82, 2.24) is 9.97 Å². The summed E-state index contributed by atoms with van der Waals surface area (Å²) in [5, 5.41) is 6.57. The molecule has 2 N–H and O–H groups in total. The monoisotopic (exact) mass is 270 g/mol. The van der Waals surface area contributed by atoms with Crippen molar-refractivity contribution in [2.24, 2.45) is 5.10 Å². The van der Waals surface area contributed by atoms with Crippen molar-refractivity contribution in [3.8, 4) is 0 Å². The number of hydrogen-bond acceptors (Lipinski definition) is 5. The zero-order valence-corrected chi connectivity index (χ0v) is 10.6. The Balaban J connectivity index is 1.87. The van der Waals surface area contributed by atoms with Crippen LogP contribution in [0.1, 0.15) is 4.88 Å². The molecule has 0 aliphatic heterocycles. The highest BCUT2D eigenvalue weighted by Gasteiger charge is 2.01. The molecule has 3 aromatic rings. The predicted octanol–water partition coefficient (Wildman–Crippen LogP) is 2.43. The Bertz CT molecular complexity index is 777. The summed E-state index contributed by atoms with van der Waals surface area (Å²) in [6, 6.07) is 11.1. The SMILES string of the molecule is O=c1[nH]c(N/N=C/c2cccs2)nc2ccccc12. The van der Waals surface area contributed by atoms with Crippen LogP contribution >= 0.6 is 11.3 Å². The van der Waals surface area contributed by atoms with Crippen molar-refractivity contribution in [2.75, 3.05) is 5.43 Å². The van der Waals surface area contributed by atoms with Gasteiger partial charge >= 0.3 is 0 Å². The fraction of sp³-hybridized carbons (Fsp3) is 0. The van der Waals surface area contributed by atoms with E-state index < -0.39 is 0 Å². The lowest BCUT2D eigenvalue weighted by molar-refractivity contribution is 1.12. The van der Waals surface area contributed by atoms with Crippen molar-refractivity contribution in [3.05, 3.63) is 57.0 Å². The van der Waals surface area contributed by atoms with Crippen LogP contribution < -0.4 is 11.0 Å². The Hall–Kier alpha value is -2.47. The molecule has 0 radical (unpaired) electrons. The average molecular weight is 270 g/mol. The number of fused-ring (bicyclic) bond motifs is 1. The van der Waals surface area contributed by atoms with E-state index in [2.05, 4.69) is 20.5 Å². The zero-order chi connectivity index (χ0) is 13.1. The van der Waals surface area contributed by atoms with Gasteiger partial charge in [0.25, 0.3) is 5.56 Å². The van der Waals surface area contributed by atoms with Gasteiger partial charge < -0.3 is 0 Å². The number of aromatic nitrogens is 2. The summed E-state index contributed by atoms with van der Waals surface area (Å²) in [4.78, 5) is 19.7. The fourth-order valence-electron chi connectivity index (χ4n) is 1.66.